The highest BCUT2D eigenvalue weighted by molar-refractivity contribution is 5.40. The summed E-state index contributed by atoms with van der Waals surface area (Å²) in [6.07, 6.45) is 1.77. The van der Waals surface area contributed by atoms with Crippen molar-refractivity contribution in [2.24, 2.45) is 0 Å². The van der Waals surface area contributed by atoms with E-state index >= 15 is 0 Å². The first kappa shape index (κ1) is 15.3. The van der Waals surface area contributed by atoms with Crippen LogP contribution in [-0.2, 0) is 19.6 Å². The molecule has 1 N–H and O–H groups in total. The number of rotatable bonds is 8. The number of methoxy groups -OCH3 is 1. The summed E-state index contributed by atoms with van der Waals surface area (Å²) in [6.45, 7) is 3.06. The monoisotopic (exact) mass is 291 g/mol. The third kappa shape index (κ3) is 4.19. The quantitative estimate of drug-likeness (QED) is 0.805. The second-order valence-electron chi connectivity index (χ2n) is 4.65. The molecule has 2 rings (SSSR count). The summed E-state index contributed by atoms with van der Waals surface area (Å²) >= 11 is 0. The first-order chi connectivity index (χ1) is 10.3. The molecule has 0 aliphatic rings. The van der Waals surface area contributed by atoms with Crippen LogP contribution in [0.1, 0.15) is 30.6 Å². The molecule has 1 aromatic heterocycles. The molecule has 1 heterocycles. The summed E-state index contributed by atoms with van der Waals surface area (Å²) in [5.74, 6) is 2.71. The van der Waals surface area contributed by atoms with Crippen molar-refractivity contribution >= 4 is 0 Å². The highest BCUT2D eigenvalue weighted by atomic mass is 16.5. The van der Waals surface area contributed by atoms with Crippen molar-refractivity contribution in [1.29, 1.82) is 0 Å². The molecular formula is C15H21N3O3. The van der Waals surface area contributed by atoms with Gasteiger partial charge in [0.25, 0.3) is 0 Å². The van der Waals surface area contributed by atoms with Crippen molar-refractivity contribution in [3.8, 4) is 11.5 Å². The second kappa shape index (κ2) is 7.64. The summed E-state index contributed by atoms with van der Waals surface area (Å²) in [5.41, 5.74) is 1.05. The minimum absolute atomic E-state index is 0.275. The molecule has 2 aromatic rings. The lowest BCUT2D eigenvalue weighted by atomic mass is 10.2. The Hall–Kier alpha value is -2.08. The summed E-state index contributed by atoms with van der Waals surface area (Å²) in [5, 5.41) is 7.02. The van der Waals surface area contributed by atoms with Gasteiger partial charge in [0.1, 0.15) is 11.5 Å². The number of hydrogen-bond donors (Lipinski definition) is 1. The van der Waals surface area contributed by atoms with Crippen molar-refractivity contribution in [2.75, 3.05) is 14.2 Å². The maximum absolute atomic E-state index is 5.80. The van der Waals surface area contributed by atoms with Crippen molar-refractivity contribution in [1.82, 2.24) is 15.5 Å². The molecule has 0 unspecified atom stereocenters. The van der Waals surface area contributed by atoms with E-state index < -0.39 is 0 Å². The largest absolute Gasteiger partial charge is 0.497 e. The van der Waals surface area contributed by atoms with Crippen molar-refractivity contribution < 1.29 is 14.0 Å². The van der Waals surface area contributed by atoms with Crippen LogP contribution in [0.25, 0.3) is 0 Å². The Bertz CT molecular complexity index is 569. The number of nitrogens with one attached hydrogen (secondary N) is 1. The van der Waals surface area contributed by atoms with E-state index in [0.717, 1.165) is 29.9 Å². The number of hydrogen-bond acceptors (Lipinski definition) is 6. The Labute approximate surface area is 124 Å². The zero-order valence-corrected chi connectivity index (χ0v) is 12.7. The minimum atomic E-state index is 0.275. The van der Waals surface area contributed by atoms with Gasteiger partial charge in [-0.25, -0.2) is 0 Å². The average molecular weight is 291 g/mol. The molecule has 0 saturated carbocycles. The summed E-state index contributed by atoms with van der Waals surface area (Å²) < 4.78 is 16.2. The van der Waals surface area contributed by atoms with E-state index in [1.165, 1.54) is 0 Å². The van der Waals surface area contributed by atoms with Gasteiger partial charge in [-0.15, -0.1) is 0 Å². The zero-order valence-electron chi connectivity index (χ0n) is 12.7. The fourth-order valence-electron chi connectivity index (χ4n) is 1.94. The van der Waals surface area contributed by atoms with Crippen LogP contribution in [0.5, 0.6) is 11.5 Å². The van der Waals surface area contributed by atoms with Gasteiger partial charge in [-0.1, -0.05) is 18.1 Å². The van der Waals surface area contributed by atoms with Gasteiger partial charge in [0.2, 0.25) is 11.7 Å². The van der Waals surface area contributed by atoms with E-state index in [1.807, 2.05) is 25.2 Å². The van der Waals surface area contributed by atoms with Crippen LogP contribution in [0.4, 0.5) is 0 Å². The Morgan fingerprint density at radius 3 is 2.90 bits per heavy atom. The lowest BCUT2D eigenvalue weighted by Gasteiger charge is -2.11. The third-order valence-electron chi connectivity index (χ3n) is 2.97. The summed E-state index contributed by atoms with van der Waals surface area (Å²) in [6, 6.07) is 5.75. The van der Waals surface area contributed by atoms with Gasteiger partial charge in [0.05, 0.1) is 7.11 Å². The van der Waals surface area contributed by atoms with Crippen LogP contribution in [-0.4, -0.2) is 24.3 Å². The molecule has 114 valence electrons. The Kier molecular flexibility index (Phi) is 5.57. The predicted octanol–water partition coefficient (Wildman–Crippen LogP) is 2.33. The predicted molar refractivity (Wildman–Crippen MR) is 78.4 cm³/mol. The van der Waals surface area contributed by atoms with E-state index in [9.17, 15) is 0 Å². The Balaban J connectivity index is 2.06. The summed E-state index contributed by atoms with van der Waals surface area (Å²) in [7, 11) is 3.53. The van der Waals surface area contributed by atoms with Crippen LogP contribution in [0.15, 0.2) is 22.7 Å². The highest BCUT2D eigenvalue weighted by Crippen LogP contribution is 2.25. The van der Waals surface area contributed by atoms with Gasteiger partial charge in [-0.05, 0) is 19.5 Å². The number of ether oxygens (including phenoxy) is 2. The van der Waals surface area contributed by atoms with E-state index in [4.69, 9.17) is 14.0 Å². The number of benzene rings is 1. The molecular weight excluding hydrogens is 270 g/mol. The molecule has 0 amide bonds. The lowest BCUT2D eigenvalue weighted by Crippen LogP contribution is -2.08. The van der Waals surface area contributed by atoms with Gasteiger partial charge in [0, 0.05) is 24.6 Å². The van der Waals surface area contributed by atoms with Crippen LogP contribution in [0.2, 0.25) is 0 Å². The normalized spacial score (nSPS) is 10.6. The first-order valence-corrected chi connectivity index (χ1v) is 7.02. The number of nitrogens with zero attached hydrogens (tertiary/aromatic N) is 2. The summed E-state index contributed by atoms with van der Waals surface area (Å²) in [4.78, 5) is 4.28. The Morgan fingerprint density at radius 2 is 2.19 bits per heavy atom. The number of aryl methyl sites for hydroxylation is 1. The van der Waals surface area contributed by atoms with Crippen LogP contribution in [0.3, 0.4) is 0 Å². The van der Waals surface area contributed by atoms with Crippen LogP contribution in [0, 0.1) is 0 Å². The molecule has 0 aliphatic carbocycles. The second-order valence-corrected chi connectivity index (χ2v) is 4.65. The van der Waals surface area contributed by atoms with Gasteiger partial charge >= 0.3 is 0 Å². The molecule has 0 aliphatic heterocycles. The highest BCUT2D eigenvalue weighted by Gasteiger charge is 2.09. The maximum Gasteiger partial charge on any atom is 0.226 e. The molecule has 0 saturated heterocycles. The standard InChI is InChI=1S/C15H21N3O3/c1-4-5-15-17-14(18-21-15)10-20-13-8-12(19-3)7-6-11(13)9-16-2/h6-8,16H,4-5,9-10H2,1-3H3. The SMILES string of the molecule is CCCc1nc(COc2cc(OC)ccc2CNC)no1. The third-order valence-corrected chi connectivity index (χ3v) is 2.97. The Morgan fingerprint density at radius 1 is 1.33 bits per heavy atom. The van der Waals surface area contributed by atoms with Gasteiger partial charge in [-0.3, -0.25) is 0 Å². The van der Waals surface area contributed by atoms with E-state index in [-0.39, 0.29) is 6.61 Å². The average Bonchev–Trinajstić information content (AvgIpc) is 2.94. The molecule has 0 atom stereocenters. The topological polar surface area (TPSA) is 69.4 Å². The maximum atomic E-state index is 5.80. The van der Waals surface area contributed by atoms with Gasteiger partial charge in [0.15, 0.2) is 6.61 Å². The van der Waals surface area contributed by atoms with Crippen molar-refractivity contribution in [3.63, 3.8) is 0 Å². The van der Waals surface area contributed by atoms with E-state index in [2.05, 4.69) is 22.4 Å². The first-order valence-electron chi connectivity index (χ1n) is 7.02. The fraction of sp³-hybridized carbons (Fsp3) is 0.467. The van der Waals surface area contributed by atoms with Crippen LogP contribution >= 0.6 is 0 Å². The van der Waals surface area contributed by atoms with Gasteiger partial charge in [-0.2, -0.15) is 4.98 Å². The lowest BCUT2D eigenvalue weighted by molar-refractivity contribution is 0.280. The molecule has 0 spiro atoms. The van der Waals surface area contributed by atoms with Crippen molar-refractivity contribution in [2.45, 2.75) is 32.9 Å². The molecule has 0 fully saturated rings. The fourth-order valence-corrected chi connectivity index (χ4v) is 1.94. The molecule has 6 nitrogen and oxygen atoms in total. The zero-order chi connectivity index (χ0) is 15.1. The molecule has 1 aromatic carbocycles. The number of aromatic nitrogens is 2. The molecule has 0 bridgehead atoms. The molecule has 6 heteroatoms. The van der Waals surface area contributed by atoms with Gasteiger partial charge < -0.3 is 19.3 Å². The van der Waals surface area contributed by atoms with Crippen molar-refractivity contribution in [3.05, 3.63) is 35.5 Å². The molecule has 21 heavy (non-hydrogen) atoms. The van der Waals surface area contributed by atoms with E-state index in [0.29, 0.717) is 18.3 Å². The van der Waals surface area contributed by atoms with Crippen LogP contribution < -0.4 is 14.8 Å². The smallest absolute Gasteiger partial charge is 0.226 e. The minimum Gasteiger partial charge on any atom is -0.497 e. The van der Waals surface area contributed by atoms with E-state index in [1.54, 1.807) is 7.11 Å². The molecule has 0 radical (unpaired) electrons.